The standard InChI is InChI=1S/C16H22N2OS/c19-13-16(3-1-2-4-16)20-14(17-13)18-15-8-10-5-11(9-15)7-12(15)6-10/h10-12H,1-9H2,(H,17,18,19). The van der Waals surface area contributed by atoms with E-state index in [2.05, 4.69) is 10.3 Å². The SMILES string of the molecule is O=C1N=C(NC23CC4CC(CC2C4)C3)SC12CCCC2. The third kappa shape index (κ3) is 1.49. The molecule has 2 atom stereocenters. The molecule has 6 aliphatic rings. The van der Waals surface area contributed by atoms with E-state index >= 15 is 0 Å². The Morgan fingerprint density at radius 2 is 1.80 bits per heavy atom. The molecule has 0 aromatic rings. The van der Waals surface area contributed by atoms with E-state index in [9.17, 15) is 4.79 Å². The largest absolute Gasteiger partial charge is 0.359 e. The smallest absolute Gasteiger partial charge is 0.264 e. The van der Waals surface area contributed by atoms with Crippen molar-refractivity contribution in [3.63, 3.8) is 0 Å². The number of hydrogen-bond acceptors (Lipinski definition) is 3. The molecule has 4 bridgehead atoms. The monoisotopic (exact) mass is 290 g/mol. The number of amidine groups is 1. The Morgan fingerprint density at radius 1 is 1.10 bits per heavy atom. The maximum Gasteiger partial charge on any atom is 0.264 e. The first-order valence-electron chi connectivity index (χ1n) is 8.28. The minimum atomic E-state index is -0.172. The van der Waals surface area contributed by atoms with Crippen LogP contribution in [0.5, 0.6) is 0 Å². The highest BCUT2D eigenvalue weighted by atomic mass is 32.2. The molecule has 5 fully saturated rings. The summed E-state index contributed by atoms with van der Waals surface area (Å²) < 4.78 is -0.172. The van der Waals surface area contributed by atoms with Crippen molar-refractivity contribution in [2.24, 2.45) is 22.7 Å². The molecule has 108 valence electrons. The van der Waals surface area contributed by atoms with E-state index < -0.39 is 0 Å². The zero-order valence-corrected chi connectivity index (χ0v) is 12.7. The zero-order valence-electron chi connectivity index (χ0n) is 11.9. The van der Waals surface area contributed by atoms with E-state index in [4.69, 9.17) is 0 Å². The highest BCUT2D eigenvalue weighted by Gasteiger charge is 2.59. The number of carbonyl (C=O) groups is 1. The summed E-state index contributed by atoms with van der Waals surface area (Å²) in [6.45, 7) is 0. The van der Waals surface area contributed by atoms with Crippen LogP contribution in [0.2, 0.25) is 0 Å². The highest BCUT2D eigenvalue weighted by Crippen LogP contribution is 2.61. The van der Waals surface area contributed by atoms with Crippen LogP contribution in [-0.2, 0) is 4.79 Å². The molecule has 20 heavy (non-hydrogen) atoms. The minimum absolute atomic E-state index is 0.150. The van der Waals surface area contributed by atoms with E-state index in [1.165, 1.54) is 44.9 Å². The van der Waals surface area contributed by atoms with E-state index in [-0.39, 0.29) is 10.7 Å². The minimum Gasteiger partial charge on any atom is -0.359 e. The Balaban J connectivity index is 1.38. The fourth-order valence-electron chi connectivity index (χ4n) is 5.97. The van der Waals surface area contributed by atoms with Crippen molar-refractivity contribution in [2.75, 3.05) is 0 Å². The summed E-state index contributed by atoms with van der Waals surface area (Å²) in [5, 5.41) is 4.75. The fraction of sp³-hybridized carbons (Fsp3) is 0.875. The quantitative estimate of drug-likeness (QED) is 0.807. The number of nitrogens with one attached hydrogen (secondary N) is 1. The Labute approximate surface area is 124 Å². The van der Waals surface area contributed by atoms with Crippen LogP contribution in [0.15, 0.2) is 4.99 Å². The van der Waals surface area contributed by atoms with E-state index in [1.807, 2.05) is 0 Å². The molecule has 0 aromatic heterocycles. The first-order valence-corrected chi connectivity index (χ1v) is 9.09. The molecule has 2 unspecified atom stereocenters. The Morgan fingerprint density at radius 3 is 2.50 bits per heavy atom. The van der Waals surface area contributed by atoms with Gasteiger partial charge in [0.1, 0.15) is 4.75 Å². The molecule has 1 aliphatic heterocycles. The van der Waals surface area contributed by atoms with Crippen LogP contribution in [0.4, 0.5) is 0 Å². The first-order chi connectivity index (χ1) is 9.68. The maximum atomic E-state index is 12.3. The second kappa shape index (κ2) is 3.82. The van der Waals surface area contributed by atoms with Gasteiger partial charge in [0.15, 0.2) is 5.17 Å². The molecular formula is C16H22N2OS. The summed E-state index contributed by atoms with van der Waals surface area (Å²) >= 11 is 1.76. The Bertz CT molecular complexity index is 495. The lowest BCUT2D eigenvalue weighted by Crippen LogP contribution is -2.48. The predicted octanol–water partition coefficient (Wildman–Crippen LogP) is 3.10. The number of hydrogen-bond donors (Lipinski definition) is 1. The van der Waals surface area contributed by atoms with Gasteiger partial charge in [-0.2, -0.15) is 4.99 Å². The predicted molar refractivity (Wildman–Crippen MR) is 80.7 cm³/mol. The van der Waals surface area contributed by atoms with Gasteiger partial charge < -0.3 is 5.32 Å². The molecule has 5 saturated carbocycles. The Hall–Kier alpha value is -0.510. The van der Waals surface area contributed by atoms with Gasteiger partial charge in [0, 0.05) is 5.54 Å². The van der Waals surface area contributed by atoms with Crippen LogP contribution in [-0.4, -0.2) is 21.4 Å². The van der Waals surface area contributed by atoms with E-state index in [1.54, 1.807) is 11.8 Å². The number of aliphatic imine (C=N–C) groups is 1. The van der Waals surface area contributed by atoms with Gasteiger partial charge in [-0.1, -0.05) is 24.6 Å². The van der Waals surface area contributed by atoms with Crippen molar-refractivity contribution >= 4 is 22.8 Å². The molecule has 1 heterocycles. The molecule has 3 nitrogen and oxygen atoms in total. The summed E-state index contributed by atoms with van der Waals surface area (Å²) in [7, 11) is 0. The number of thioether (sulfide) groups is 1. The lowest BCUT2D eigenvalue weighted by atomic mass is 9.80. The van der Waals surface area contributed by atoms with Crippen molar-refractivity contribution in [1.29, 1.82) is 0 Å². The summed E-state index contributed by atoms with van der Waals surface area (Å²) in [4.78, 5) is 16.7. The fourth-order valence-corrected chi connectivity index (χ4v) is 7.35. The van der Waals surface area contributed by atoms with Gasteiger partial charge in [-0.3, -0.25) is 4.79 Å². The second-order valence-electron chi connectivity index (χ2n) is 7.85. The van der Waals surface area contributed by atoms with Crippen LogP contribution >= 0.6 is 11.8 Å². The van der Waals surface area contributed by atoms with E-state index in [0.29, 0.717) is 5.54 Å². The average molecular weight is 290 g/mol. The third-order valence-electron chi connectivity index (χ3n) is 6.64. The van der Waals surface area contributed by atoms with Crippen LogP contribution in [0.1, 0.15) is 57.8 Å². The van der Waals surface area contributed by atoms with E-state index in [0.717, 1.165) is 35.8 Å². The summed E-state index contributed by atoms with van der Waals surface area (Å²) in [5.74, 6) is 2.90. The molecular weight excluding hydrogens is 268 g/mol. The second-order valence-corrected chi connectivity index (χ2v) is 9.22. The number of rotatable bonds is 1. The van der Waals surface area contributed by atoms with Gasteiger partial charge in [-0.25, -0.2) is 0 Å². The maximum absolute atomic E-state index is 12.3. The highest BCUT2D eigenvalue weighted by molar-refractivity contribution is 8.16. The molecule has 0 radical (unpaired) electrons. The molecule has 6 rings (SSSR count). The van der Waals surface area contributed by atoms with Crippen molar-refractivity contribution in [1.82, 2.24) is 5.32 Å². The normalized spacial score (nSPS) is 47.5. The molecule has 1 spiro atoms. The summed E-state index contributed by atoms with van der Waals surface area (Å²) in [6, 6.07) is 0. The third-order valence-corrected chi connectivity index (χ3v) is 8.00. The molecule has 1 amide bonds. The van der Waals surface area contributed by atoms with Crippen LogP contribution < -0.4 is 5.32 Å². The van der Waals surface area contributed by atoms with Crippen LogP contribution in [0, 0.1) is 17.8 Å². The number of nitrogens with zero attached hydrogens (tertiary/aromatic N) is 1. The first kappa shape index (κ1) is 12.1. The van der Waals surface area contributed by atoms with Gasteiger partial charge in [0.2, 0.25) is 0 Å². The lowest BCUT2D eigenvalue weighted by Gasteiger charge is -2.34. The molecule has 0 aromatic carbocycles. The number of amides is 1. The van der Waals surface area contributed by atoms with Gasteiger partial charge >= 0.3 is 0 Å². The topological polar surface area (TPSA) is 41.5 Å². The van der Waals surface area contributed by atoms with Crippen LogP contribution in [0.25, 0.3) is 0 Å². The van der Waals surface area contributed by atoms with Gasteiger partial charge in [-0.15, -0.1) is 0 Å². The van der Waals surface area contributed by atoms with Crippen molar-refractivity contribution < 1.29 is 4.79 Å². The van der Waals surface area contributed by atoms with Gasteiger partial charge in [0.05, 0.1) is 0 Å². The molecule has 1 N–H and O–H groups in total. The van der Waals surface area contributed by atoms with Gasteiger partial charge in [-0.05, 0) is 62.7 Å². The lowest BCUT2D eigenvalue weighted by molar-refractivity contribution is -0.119. The molecule has 5 aliphatic carbocycles. The number of carbonyl (C=O) groups excluding carboxylic acids is 1. The van der Waals surface area contributed by atoms with Gasteiger partial charge in [0.25, 0.3) is 5.91 Å². The molecule has 4 heteroatoms. The van der Waals surface area contributed by atoms with Crippen molar-refractivity contribution in [2.45, 2.75) is 68.1 Å². The Kier molecular flexibility index (Phi) is 2.31. The molecule has 0 saturated heterocycles. The summed E-state index contributed by atoms with van der Waals surface area (Å²) in [6.07, 6.45) is 11.4. The summed E-state index contributed by atoms with van der Waals surface area (Å²) in [5.41, 5.74) is 0.309. The van der Waals surface area contributed by atoms with Crippen molar-refractivity contribution in [3.8, 4) is 0 Å². The van der Waals surface area contributed by atoms with Crippen LogP contribution in [0.3, 0.4) is 0 Å². The zero-order chi connectivity index (χ0) is 13.4. The van der Waals surface area contributed by atoms with Crippen molar-refractivity contribution in [3.05, 3.63) is 0 Å². The average Bonchev–Trinajstić information content (AvgIpc) is 3.08.